The standard InChI is InChI=1S/C15H13F6N5O2/c16-14(17,18)9-1-2-11(22-8-9)25-3-5-26(6-4-25)13(27)23-12-7-10(24-28-12)15(19,20)21/h1-2,7-8H,3-6H2,(H,23,27). The van der Waals surface area contributed by atoms with Crippen LogP contribution in [0.3, 0.4) is 0 Å². The summed E-state index contributed by atoms with van der Waals surface area (Å²) in [5.74, 6) is -0.109. The average molecular weight is 409 g/mol. The predicted octanol–water partition coefficient (Wildman–Crippen LogP) is 3.46. The largest absolute Gasteiger partial charge is 0.436 e. The maximum absolute atomic E-state index is 12.6. The molecular weight excluding hydrogens is 396 g/mol. The number of nitrogens with one attached hydrogen (secondary N) is 1. The van der Waals surface area contributed by atoms with Crippen molar-refractivity contribution >= 4 is 17.7 Å². The van der Waals surface area contributed by atoms with Crippen molar-refractivity contribution in [2.24, 2.45) is 0 Å². The van der Waals surface area contributed by atoms with Gasteiger partial charge < -0.3 is 14.3 Å². The summed E-state index contributed by atoms with van der Waals surface area (Å²) in [4.78, 5) is 18.9. The number of halogens is 6. The number of aromatic nitrogens is 2. The molecule has 0 aromatic carbocycles. The van der Waals surface area contributed by atoms with Gasteiger partial charge in [-0.05, 0) is 12.1 Å². The molecule has 0 spiro atoms. The number of alkyl halides is 6. The van der Waals surface area contributed by atoms with Gasteiger partial charge in [0, 0.05) is 38.4 Å². The second kappa shape index (κ2) is 7.20. The van der Waals surface area contributed by atoms with E-state index >= 15 is 0 Å². The van der Waals surface area contributed by atoms with Crippen LogP contribution >= 0.6 is 0 Å². The SMILES string of the molecule is O=C(Nc1cc(C(F)(F)F)no1)N1CCN(c2ccc(C(F)(F)F)cn2)CC1. The first-order chi connectivity index (χ1) is 13.0. The minimum atomic E-state index is -4.69. The van der Waals surface area contributed by atoms with E-state index in [2.05, 4.69) is 20.0 Å². The van der Waals surface area contributed by atoms with Crippen LogP contribution in [0.4, 0.5) is 42.8 Å². The highest BCUT2D eigenvalue weighted by Gasteiger charge is 2.35. The van der Waals surface area contributed by atoms with E-state index in [1.807, 2.05) is 0 Å². The third-order valence-corrected chi connectivity index (χ3v) is 4.00. The third-order valence-electron chi connectivity index (χ3n) is 4.00. The van der Waals surface area contributed by atoms with E-state index in [9.17, 15) is 31.1 Å². The van der Waals surface area contributed by atoms with E-state index in [0.29, 0.717) is 11.9 Å². The van der Waals surface area contributed by atoms with Gasteiger partial charge in [-0.15, -0.1) is 0 Å². The van der Waals surface area contributed by atoms with Gasteiger partial charge in [-0.3, -0.25) is 5.32 Å². The van der Waals surface area contributed by atoms with Crippen LogP contribution in [-0.2, 0) is 12.4 Å². The molecule has 0 atom stereocenters. The summed E-state index contributed by atoms with van der Waals surface area (Å²) in [7, 11) is 0. The summed E-state index contributed by atoms with van der Waals surface area (Å²) in [5, 5.41) is 5.01. The highest BCUT2D eigenvalue weighted by atomic mass is 19.4. The minimum Gasteiger partial charge on any atom is -0.353 e. The summed E-state index contributed by atoms with van der Waals surface area (Å²) < 4.78 is 79.6. The number of rotatable bonds is 2. The van der Waals surface area contributed by atoms with E-state index in [1.54, 1.807) is 4.90 Å². The summed E-state index contributed by atoms with van der Waals surface area (Å²) in [6, 6.07) is 2.06. The number of amides is 2. The molecule has 1 aliphatic heterocycles. The van der Waals surface area contributed by atoms with Crippen molar-refractivity contribution < 1.29 is 35.7 Å². The number of hydrogen-bond acceptors (Lipinski definition) is 5. The van der Waals surface area contributed by atoms with E-state index in [1.165, 1.54) is 11.0 Å². The fraction of sp³-hybridized carbons (Fsp3) is 0.400. The van der Waals surface area contributed by atoms with Gasteiger partial charge in [0.15, 0.2) is 5.69 Å². The number of urea groups is 1. The molecule has 0 unspecified atom stereocenters. The molecular formula is C15H13F6N5O2. The molecule has 1 fully saturated rings. The van der Waals surface area contributed by atoms with Crippen LogP contribution in [0.15, 0.2) is 28.9 Å². The molecule has 28 heavy (non-hydrogen) atoms. The molecule has 3 heterocycles. The Balaban J connectivity index is 1.55. The summed E-state index contributed by atoms with van der Waals surface area (Å²) in [5.41, 5.74) is -2.12. The van der Waals surface area contributed by atoms with Gasteiger partial charge in [0.05, 0.1) is 5.56 Å². The lowest BCUT2D eigenvalue weighted by Gasteiger charge is -2.35. The van der Waals surface area contributed by atoms with E-state index in [0.717, 1.165) is 12.3 Å². The van der Waals surface area contributed by atoms with Gasteiger partial charge in [-0.2, -0.15) is 26.3 Å². The molecule has 2 aromatic rings. The molecule has 3 rings (SSSR count). The lowest BCUT2D eigenvalue weighted by Crippen LogP contribution is -2.50. The molecule has 0 saturated carbocycles. The molecule has 0 aliphatic carbocycles. The number of carbonyl (C=O) groups is 1. The summed E-state index contributed by atoms with van der Waals surface area (Å²) >= 11 is 0. The fourth-order valence-corrected chi connectivity index (χ4v) is 2.53. The Hall–Kier alpha value is -2.99. The Morgan fingerprint density at radius 2 is 1.71 bits per heavy atom. The Morgan fingerprint density at radius 3 is 2.21 bits per heavy atom. The van der Waals surface area contributed by atoms with Crippen LogP contribution in [0, 0.1) is 0 Å². The first kappa shape index (κ1) is 19.8. The van der Waals surface area contributed by atoms with Gasteiger partial charge in [-0.1, -0.05) is 5.16 Å². The number of piperazine rings is 1. The lowest BCUT2D eigenvalue weighted by atomic mass is 10.2. The predicted molar refractivity (Wildman–Crippen MR) is 83.5 cm³/mol. The highest BCUT2D eigenvalue weighted by Crippen LogP contribution is 2.30. The summed E-state index contributed by atoms with van der Waals surface area (Å²) in [6.07, 6.45) is -8.43. The second-order valence-corrected chi connectivity index (χ2v) is 5.88. The quantitative estimate of drug-likeness (QED) is 0.769. The van der Waals surface area contributed by atoms with Gasteiger partial charge in [0.25, 0.3) is 0 Å². The lowest BCUT2D eigenvalue weighted by molar-refractivity contribution is -0.142. The van der Waals surface area contributed by atoms with Crippen molar-refractivity contribution in [3.8, 4) is 0 Å². The number of pyridine rings is 1. The topological polar surface area (TPSA) is 74.5 Å². The molecule has 13 heteroatoms. The van der Waals surface area contributed by atoms with Gasteiger partial charge in [-0.25, -0.2) is 9.78 Å². The monoisotopic (exact) mass is 409 g/mol. The maximum atomic E-state index is 12.6. The van der Waals surface area contributed by atoms with Crippen molar-refractivity contribution in [2.45, 2.75) is 12.4 Å². The first-order valence-electron chi connectivity index (χ1n) is 7.92. The minimum absolute atomic E-state index is 0.189. The van der Waals surface area contributed by atoms with E-state index in [4.69, 9.17) is 0 Å². The third kappa shape index (κ3) is 4.46. The number of nitrogens with zero attached hydrogens (tertiary/aromatic N) is 4. The molecule has 2 amide bonds. The zero-order valence-electron chi connectivity index (χ0n) is 14.0. The van der Waals surface area contributed by atoms with Crippen LogP contribution in [0.1, 0.15) is 11.3 Å². The van der Waals surface area contributed by atoms with Crippen molar-refractivity contribution in [1.29, 1.82) is 0 Å². The maximum Gasteiger partial charge on any atom is 0.436 e. The zero-order chi connectivity index (χ0) is 20.5. The van der Waals surface area contributed by atoms with Gasteiger partial charge >= 0.3 is 18.4 Å². The van der Waals surface area contributed by atoms with Crippen molar-refractivity contribution in [2.75, 3.05) is 36.4 Å². The molecule has 2 aromatic heterocycles. The molecule has 152 valence electrons. The normalized spacial score (nSPS) is 15.6. The van der Waals surface area contributed by atoms with Crippen LogP contribution in [0.5, 0.6) is 0 Å². The first-order valence-corrected chi connectivity index (χ1v) is 7.92. The molecule has 1 aliphatic rings. The highest BCUT2D eigenvalue weighted by molar-refractivity contribution is 5.88. The van der Waals surface area contributed by atoms with E-state index < -0.39 is 35.5 Å². The van der Waals surface area contributed by atoms with Crippen LogP contribution < -0.4 is 10.2 Å². The van der Waals surface area contributed by atoms with Crippen molar-refractivity contribution in [3.05, 3.63) is 35.7 Å². The molecule has 1 saturated heterocycles. The van der Waals surface area contributed by atoms with Crippen molar-refractivity contribution in [1.82, 2.24) is 15.0 Å². The van der Waals surface area contributed by atoms with Gasteiger partial charge in [0.2, 0.25) is 5.88 Å². The Morgan fingerprint density at radius 1 is 1.04 bits per heavy atom. The van der Waals surface area contributed by atoms with E-state index in [-0.39, 0.29) is 26.2 Å². The Labute approximate surface area is 153 Å². The van der Waals surface area contributed by atoms with Crippen LogP contribution in [0.25, 0.3) is 0 Å². The fourth-order valence-electron chi connectivity index (χ4n) is 2.53. The summed E-state index contributed by atoms with van der Waals surface area (Å²) in [6.45, 7) is 0.954. The van der Waals surface area contributed by atoms with Crippen molar-refractivity contribution in [3.63, 3.8) is 0 Å². The Kier molecular flexibility index (Phi) is 5.08. The Bertz CT molecular complexity index is 825. The van der Waals surface area contributed by atoms with Gasteiger partial charge in [0.1, 0.15) is 5.82 Å². The second-order valence-electron chi connectivity index (χ2n) is 5.88. The molecule has 1 N–H and O–H groups in total. The number of anilines is 2. The number of hydrogen-bond donors (Lipinski definition) is 1. The molecule has 0 bridgehead atoms. The van der Waals surface area contributed by atoms with Crippen LogP contribution in [0.2, 0.25) is 0 Å². The van der Waals surface area contributed by atoms with Crippen LogP contribution in [-0.4, -0.2) is 47.3 Å². The molecule has 7 nitrogen and oxygen atoms in total. The molecule has 0 radical (unpaired) electrons. The smallest absolute Gasteiger partial charge is 0.353 e. The average Bonchev–Trinajstić information content (AvgIpc) is 3.10. The zero-order valence-corrected chi connectivity index (χ0v) is 14.0. The number of carbonyl (C=O) groups excluding carboxylic acids is 1.